The fraction of sp³-hybridized carbons (Fsp3) is 0.500. The molecule has 0 atom stereocenters. The molecule has 1 aromatic heterocycles. The number of carbonyl (C=O) groups is 1. The molecular weight excluding hydrogens is 268 g/mol. The molecule has 0 aromatic carbocycles. The number of rotatable bonds is 5. The van der Waals surface area contributed by atoms with Crippen LogP contribution < -0.4 is 4.87 Å². The molecule has 96 valence electrons. The summed E-state index contributed by atoms with van der Waals surface area (Å²) < 4.78 is 24.8. The zero-order chi connectivity index (χ0) is 13.2. The Balaban J connectivity index is 2.99. The number of aromatic amines is 1. The van der Waals surface area contributed by atoms with Crippen LogP contribution in [0.3, 0.4) is 0 Å². The van der Waals surface area contributed by atoms with E-state index in [9.17, 15) is 18.0 Å². The van der Waals surface area contributed by atoms with Gasteiger partial charge in [0, 0.05) is 19.3 Å². The number of thiazole rings is 1. The molecule has 0 amide bonds. The topological polar surface area (TPSA) is 108 Å². The van der Waals surface area contributed by atoms with E-state index in [2.05, 4.69) is 4.98 Å². The van der Waals surface area contributed by atoms with Crippen molar-refractivity contribution < 1.29 is 18.3 Å². The Bertz CT molecular complexity index is 571. The van der Waals surface area contributed by atoms with Crippen LogP contribution in [0.15, 0.2) is 9.00 Å². The third kappa shape index (κ3) is 3.14. The third-order valence-corrected chi connectivity index (χ3v) is 5.51. The van der Waals surface area contributed by atoms with Gasteiger partial charge in [0.05, 0.1) is 6.42 Å². The Morgan fingerprint density at radius 2 is 2.12 bits per heavy atom. The Hall–Kier alpha value is -1.19. The van der Waals surface area contributed by atoms with Gasteiger partial charge in [-0.25, -0.2) is 8.42 Å². The van der Waals surface area contributed by atoms with Crippen LogP contribution in [-0.2, 0) is 14.8 Å². The molecule has 1 aromatic rings. The Morgan fingerprint density at radius 3 is 2.53 bits per heavy atom. The standard InChI is InChI=1S/C8H12N2O5S2/c1-5-7(16-8(13)9-5)17(14,15)10(2)4-3-6(11)12/h3-4H2,1-2H3,(H,9,13)(H,11,12). The van der Waals surface area contributed by atoms with Crippen LogP contribution in [0.5, 0.6) is 0 Å². The highest BCUT2D eigenvalue weighted by Gasteiger charge is 2.25. The smallest absolute Gasteiger partial charge is 0.305 e. The predicted molar refractivity (Wildman–Crippen MR) is 61.7 cm³/mol. The van der Waals surface area contributed by atoms with Gasteiger partial charge in [0.1, 0.15) is 0 Å². The van der Waals surface area contributed by atoms with E-state index in [1.165, 1.54) is 14.0 Å². The molecule has 0 radical (unpaired) electrons. The summed E-state index contributed by atoms with van der Waals surface area (Å²) in [6.45, 7) is 1.35. The zero-order valence-electron chi connectivity index (χ0n) is 9.26. The SMILES string of the molecule is Cc1[nH]c(=O)sc1S(=O)(=O)N(C)CCC(=O)O. The number of aliphatic carboxylic acids is 1. The molecule has 0 fully saturated rings. The maximum atomic E-state index is 12.0. The number of nitrogens with one attached hydrogen (secondary N) is 1. The average Bonchev–Trinajstić information content (AvgIpc) is 2.54. The van der Waals surface area contributed by atoms with E-state index in [-0.39, 0.29) is 22.9 Å². The van der Waals surface area contributed by atoms with Gasteiger partial charge in [0.15, 0.2) is 4.21 Å². The van der Waals surface area contributed by atoms with Crippen molar-refractivity contribution in [2.24, 2.45) is 0 Å². The summed E-state index contributed by atoms with van der Waals surface area (Å²) in [7, 11) is -2.51. The van der Waals surface area contributed by atoms with Crippen molar-refractivity contribution in [1.82, 2.24) is 9.29 Å². The maximum absolute atomic E-state index is 12.0. The van der Waals surface area contributed by atoms with Gasteiger partial charge in [-0.2, -0.15) is 4.31 Å². The second-order valence-electron chi connectivity index (χ2n) is 3.40. The molecular formula is C8H12N2O5S2. The molecule has 0 aliphatic heterocycles. The number of aryl methyl sites for hydroxylation is 1. The van der Waals surface area contributed by atoms with Crippen LogP contribution in [0.25, 0.3) is 0 Å². The summed E-state index contributed by atoms with van der Waals surface area (Å²) in [5.74, 6) is -1.08. The molecule has 1 heterocycles. The van der Waals surface area contributed by atoms with Crippen LogP contribution >= 0.6 is 11.3 Å². The van der Waals surface area contributed by atoms with E-state index in [1.54, 1.807) is 0 Å². The summed E-state index contributed by atoms with van der Waals surface area (Å²) in [5.41, 5.74) is 0.266. The van der Waals surface area contributed by atoms with Crippen LogP contribution in [0.4, 0.5) is 0 Å². The molecule has 0 aliphatic carbocycles. The molecule has 7 nitrogen and oxygen atoms in total. The molecule has 0 saturated heterocycles. The van der Waals surface area contributed by atoms with Gasteiger partial charge < -0.3 is 10.1 Å². The number of nitrogens with zero attached hydrogens (tertiary/aromatic N) is 1. The zero-order valence-corrected chi connectivity index (χ0v) is 10.9. The van der Waals surface area contributed by atoms with Crippen molar-refractivity contribution in [3.63, 3.8) is 0 Å². The highest BCUT2D eigenvalue weighted by Crippen LogP contribution is 2.19. The van der Waals surface area contributed by atoms with Crippen LogP contribution in [0.1, 0.15) is 12.1 Å². The monoisotopic (exact) mass is 280 g/mol. The van der Waals surface area contributed by atoms with Gasteiger partial charge in [-0.1, -0.05) is 11.3 Å². The van der Waals surface area contributed by atoms with E-state index < -0.39 is 20.9 Å². The summed E-state index contributed by atoms with van der Waals surface area (Å²) in [4.78, 5) is 23.3. The number of H-pyrrole nitrogens is 1. The predicted octanol–water partition coefficient (Wildman–Crippen LogP) is -0.160. The van der Waals surface area contributed by atoms with Gasteiger partial charge in [-0.15, -0.1) is 0 Å². The first-order valence-corrected chi connectivity index (χ1v) is 6.88. The Morgan fingerprint density at radius 1 is 1.53 bits per heavy atom. The molecule has 0 saturated carbocycles. The normalized spacial score (nSPS) is 11.9. The average molecular weight is 280 g/mol. The summed E-state index contributed by atoms with van der Waals surface area (Å²) >= 11 is 0.596. The minimum atomic E-state index is -3.79. The van der Waals surface area contributed by atoms with Crippen LogP contribution in [-0.4, -0.2) is 42.4 Å². The van der Waals surface area contributed by atoms with Crippen molar-refractivity contribution in [3.05, 3.63) is 15.4 Å². The minimum absolute atomic E-state index is 0.0737. The lowest BCUT2D eigenvalue weighted by Gasteiger charge is -2.14. The first-order valence-electron chi connectivity index (χ1n) is 4.63. The summed E-state index contributed by atoms with van der Waals surface area (Å²) in [6.07, 6.45) is -0.284. The highest BCUT2D eigenvalue weighted by molar-refractivity contribution is 7.91. The first-order chi connectivity index (χ1) is 7.75. The quantitative estimate of drug-likeness (QED) is 0.779. The van der Waals surface area contributed by atoms with Crippen LogP contribution in [0, 0.1) is 6.92 Å². The van der Waals surface area contributed by atoms with E-state index in [0.29, 0.717) is 11.3 Å². The summed E-state index contributed by atoms with van der Waals surface area (Å²) in [6, 6.07) is 0. The van der Waals surface area contributed by atoms with E-state index in [1.807, 2.05) is 0 Å². The Kier molecular flexibility index (Phi) is 4.07. The molecule has 2 N–H and O–H groups in total. The van der Waals surface area contributed by atoms with Crippen molar-refractivity contribution in [2.75, 3.05) is 13.6 Å². The Labute approximate surface area is 102 Å². The van der Waals surface area contributed by atoms with Crippen molar-refractivity contribution in [2.45, 2.75) is 17.6 Å². The maximum Gasteiger partial charge on any atom is 0.305 e. The second-order valence-corrected chi connectivity index (χ2v) is 6.62. The number of hydrogen-bond donors (Lipinski definition) is 2. The summed E-state index contributed by atoms with van der Waals surface area (Å²) in [5, 5.41) is 8.48. The number of aromatic nitrogens is 1. The number of carboxylic acid groups (broad SMARTS) is 1. The molecule has 1 rings (SSSR count). The molecule has 9 heteroatoms. The fourth-order valence-electron chi connectivity index (χ4n) is 1.15. The molecule has 17 heavy (non-hydrogen) atoms. The highest BCUT2D eigenvalue weighted by atomic mass is 32.2. The third-order valence-electron chi connectivity index (χ3n) is 2.07. The van der Waals surface area contributed by atoms with E-state index in [0.717, 1.165) is 4.31 Å². The molecule has 0 spiro atoms. The van der Waals surface area contributed by atoms with E-state index >= 15 is 0 Å². The largest absolute Gasteiger partial charge is 0.481 e. The van der Waals surface area contributed by atoms with Gasteiger partial charge in [-0.05, 0) is 6.92 Å². The number of sulfonamides is 1. The van der Waals surface area contributed by atoms with Crippen molar-refractivity contribution >= 4 is 27.3 Å². The van der Waals surface area contributed by atoms with Gasteiger partial charge in [0.25, 0.3) is 10.0 Å². The minimum Gasteiger partial charge on any atom is -0.481 e. The van der Waals surface area contributed by atoms with Gasteiger partial charge >= 0.3 is 10.8 Å². The van der Waals surface area contributed by atoms with Gasteiger partial charge in [0.2, 0.25) is 0 Å². The molecule has 0 aliphatic rings. The second kappa shape index (κ2) is 4.98. The first kappa shape index (κ1) is 13.9. The number of carboxylic acids is 1. The van der Waals surface area contributed by atoms with Crippen molar-refractivity contribution in [1.29, 1.82) is 0 Å². The number of hydrogen-bond acceptors (Lipinski definition) is 5. The lowest BCUT2D eigenvalue weighted by molar-refractivity contribution is -0.137. The van der Waals surface area contributed by atoms with Gasteiger partial charge in [-0.3, -0.25) is 9.59 Å². The van der Waals surface area contributed by atoms with Crippen molar-refractivity contribution in [3.8, 4) is 0 Å². The lowest BCUT2D eigenvalue weighted by atomic mass is 10.4. The molecule has 0 unspecified atom stereocenters. The molecule has 0 bridgehead atoms. The fourth-order valence-corrected chi connectivity index (χ4v) is 3.81. The van der Waals surface area contributed by atoms with Crippen LogP contribution in [0.2, 0.25) is 0 Å². The lowest BCUT2D eigenvalue weighted by Crippen LogP contribution is -2.29. The van der Waals surface area contributed by atoms with E-state index in [4.69, 9.17) is 5.11 Å².